The van der Waals surface area contributed by atoms with E-state index >= 15 is 0 Å². The maximum Gasteiger partial charge on any atom is 0.293 e. The number of unbranched alkanes of at least 4 members (excludes halogenated alkanes) is 1. The summed E-state index contributed by atoms with van der Waals surface area (Å²) < 4.78 is 5.08. The Morgan fingerprint density at radius 2 is 1.60 bits per heavy atom. The van der Waals surface area contributed by atoms with E-state index < -0.39 is 0 Å². The average molecular weight is 214 g/mol. The molecular formula is C13H26O2. The van der Waals surface area contributed by atoms with Gasteiger partial charge >= 0.3 is 0 Å². The van der Waals surface area contributed by atoms with Crippen LogP contribution in [0, 0.1) is 11.8 Å². The molecule has 0 aromatic heterocycles. The Kier molecular flexibility index (Phi) is 8.44. The van der Waals surface area contributed by atoms with Crippen molar-refractivity contribution in [3.63, 3.8) is 0 Å². The Bertz CT molecular complexity index is 153. The molecule has 0 saturated heterocycles. The lowest BCUT2D eigenvalue weighted by Crippen LogP contribution is -2.14. The van der Waals surface area contributed by atoms with E-state index in [1.54, 1.807) is 0 Å². The second kappa shape index (κ2) is 8.75. The molecule has 0 rings (SSSR count). The fourth-order valence-corrected chi connectivity index (χ4v) is 1.77. The Morgan fingerprint density at radius 1 is 1.00 bits per heavy atom. The van der Waals surface area contributed by atoms with Crippen LogP contribution in [-0.4, -0.2) is 12.6 Å². The Balaban J connectivity index is 3.61. The number of hydrogen-bond acceptors (Lipinski definition) is 2. The van der Waals surface area contributed by atoms with Crippen LogP contribution in [0.15, 0.2) is 0 Å². The van der Waals surface area contributed by atoms with Gasteiger partial charge < -0.3 is 4.74 Å². The first-order chi connectivity index (χ1) is 7.06. The molecule has 0 bridgehead atoms. The highest BCUT2D eigenvalue weighted by Gasteiger charge is 2.11. The van der Waals surface area contributed by atoms with Crippen LogP contribution < -0.4 is 0 Å². The first-order valence-corrected chi connectivity index (χ1v) is 6.15. The molecule has 0 spiro atoms. The summed E-state index contributed by atoms with van der Waals surface area (Å²) in [7, 11) is 0. The van der Waals surface area contributed by atoms with Crippen LogP contribution in [0.3, 0.4) is 0 Å². The van der Waals surface area contributed by atoms with E-state index in [1.807, 2.05) is 0 Å². The molecule has 1 unspecified atom stereocenters. The van der Waals surface area contributed by atoms with Crippen molar-refractivity contribution in [3.8, 4) is 0 Å². The van der Waals surface area contributed by atoms with Gasteiger partial charge in [-0.2, -0.15) is 0 Å². The van der Waals surface area contributed by atoms with E-state index in [2.05, 4.69) is 27.7 Å². The lowest BCUT2D eigenvalue weighted by molar-refractivity contribution is -0.134. The third-order valence-corrected chi connectivity index (χ3v) is 2.54. The van der Waals surface area contributed by atoms with Crippen molar-refractivity contribution in [1.29, 1.82) is 0 Å². The van der Waals surface area contributed by atoms with Crippen molar-refractivity contribution < 1.29 is 9.53 Å². The molecule has 1 atom stereocenters. The van der Waals surface area contributed by atoms with Crippen molar-refractivity contribution in [3.05, 3.63) is 0 Å². The van der Waals surface area contributed by atoms with Crippen LogP contribution >= 0.6 is 0 Å². The summed E-state index contributed by atoms with van der Waals surface area (Å²) in [5.74, 6) is 1.38. The van der Waals surface area contributed by atoms with Gasteiger partial charge in [0.05, 0.1) is 0 Å². The van der Waals surface area contributed by atoms with Gasteiger partial charge in [0.1, 0.15) is 6.10 Å². The van der Waals surface area contributed by atoms with E-state index in [0.717, 1.165) is 18.8 Å². The Morgan fingerprint density at radius 3 is 2.07 bits per heavy atom. The smallest absolute Gasteiger partial charge is 0.293 e. The highest BCUT2D eigenvalue weighted by atomic mass is 16.5. The average Bonchev–Trinajstić information content (AvgIpc) is 2.11. The van der Waals surface area contributed by atoms with Crippen LogP contribution in [0.2, 0.25) is 0 Å². The molecule has 0 N–H and O–H groups in total. The lowest BCUT2D eigenvalue weighted by atomic mass is 9.99. The van der Waals surface area contributed by atoms with E-state index in [1.165, 1.54) is 19.3 Å². The maximum absolute atomic E-state index is 10.3. The minimum absolute atomic E-state index is 0.134. The van der Waals surface area contributed by atoms with Gasteiger partial charge in [0, 0.05) is 0 Å². The molecule has 0 amide bonds. The quantitative estimate of drug-likeness (QED) is 0.431. The molecule has 0 aliphatic rings. The molecule has 15 heavy (non-hydrogen) atoms. The monoisotopic (exact) mass is 214 g/mol. The number of hydrogen-bond donors (Lipinski definition) is 0. The predicted molar refractivity (Wildman–Crippen MR) is 63.7 cm³/mol. The van der Waals surface area contributed by atoms with Crippen molar-refractivity contribution >= 4 is 6.47 Å². The van der Waals surface area contributed by atoms with Gasteiger partial charge in [0.2, 0.25) is 0 Å². The molecule has 0 saturated carbocycles. The minimum atomic E-state index is 0.134. The number of rotatable bonds is 9. The van der Waals surface area contributed by atoms with Gasteiger partial charge in [-0.1, -0.05) is 40.5 Å². The molecular weight excluding hydrogens is 188 g/mol. The van der Waals surface area contributed by atoms with Crippen LogP contribution in [0.5, 0.6) is 0 Å². The van der Waals surface area contributed by atoms with Crippen LogP contribution in [0.25, 0.3) is 0 Å². The second-order valence-electron chi connectivity index (χ2n) is 5.16. The van der Waals surface area contributed by atoms with E-state index in [4.69, 9.17) is 4.74 Å². The zero-order valence-electron chi connectivity index (χ0n) is 10.7. The first-order valence-electron chi connectivity index (χ1n) is 6.15. The number of carbonyl (C=O) groups is 1. The van der Waals surface area contributed by atoms with Gasteiger partial charge in [0.25, 0.3) is 6.47 Å². The highest BCUT2D eigenvalue weighted by molar-refractivity contribution is 5.37. The van der Waals surface area contributed by atoms with Crippen molar-refractivity contribution in [2.24, 2.45) is 11.8 Å². The number of carbonyl (C=O) groups excluding carboxylic acids is 1. The molecule has 0 aromatic carbocycles. The molecule has 0 aliphatic heterocycles. The molecule has 0 aromatic rings. The summed E-state index contributed by atoms with van der Waals surface area (Å²) in [6, 6.07) is 0. The fourth-order valence-electron chi connectivity index (χ4n) is 1.77. The molecule has 0 aliphatic carbocycles. The summed E-state index contributed by atoms with van der Waals surface area (Å²) in [4.78, 5) is 10.3. The number of ether oxygens (including phenoxy) is 1. The van der Waals surface area contributed by atoms with Crippen molar-refractivity contribution in [2.45, 2.75) is 65.9 Å². The molecule has 2 nitrogen and oxygen atoms in total. The molecule has 2 heteroatoms. The van der Waals surface area contributed by atoms with Gasteiger partial charge in [-0.05, 0) is 31.1 Å². The molecule has 0 fully saturated rings. The van der Waals surface area contributed by atoms with Crippen molar-refractivity contribution in [2.75, 3.05) is 0 Å². The van der Waals surface area contributed by atoms with Crippen LogP contribution in [0.4, 0.5) is 0 Å². The van der Waals surface area contributed by atoms with E-state index in [-0.39, 0.29) is 6.10 Å². The molecule has 0 heterocycles. The predicted octanol–water partition coefficient (Wildman–Crippen LogP) is 3.79. The summed E-state index contributed by atoms with van der Waals surface area (Å²) >= 11 is 0. The van der Waals surface area contributed by atoms with E-state index in [9.17, 15) is 4.79 Å². The van der Waals surface area contributed by atoms with Crippen LogP contribution in [-0.2, 0) is 9.53 Å². The maximum atomic E-state index is 10.3. The fraction of sp³-hybridized carbons (Fsp3) is 0.923. The standard InChI is InChI=1S/C13H26O2/c1-11(2)7-5-6-8-13(15-10-14)9-12(3)4/h10-13H,5-9H2,1-4H3. The summed E-state index contributed by atoms with van der Waals surface area (Å²) in [6.07, 6.45) is 5.83. The zero-order valence-corrected chi connectivity index (χ0v) is 10.7. The van der Waals surface area contributed by atoms with E-state index in [0.29, 0.717) is 12.4 Å². The first kappa shape index (κ1) is 14.5. The Labute approximate surface area is 94.4 Å². The Hall–Kier alpha value is -0.530. The van der Waals surface area contributed by atoms with Gasteiger partial charge in [-0.15, -0.1) is 0 Å². The largest absolute Gasteiger partial charge is 0.465 e. The van der Waals surface area contributed by atoms with Crippen molar-refractivity contribution in [1.82, 2.24) is 0 Å². The van der Waals surface area contributed by atoms with Crippen LogP contribution in [0.1, 0.15) is 59.8 Å². The second-order valence-corrected chi connectivity index (χ2v) is 5.16. The molecule has 90 valence electrons. The summed E-state index contributed by atoms with van der Waals surface area (Å²) in [5, 5.41) is 0. The summed E-state index contributed by atoms with van der Waals surface area (Å²) in [5.41, 5.74) is 0. The highest BCUT2D eigenvalue weighted by Crippen LogP contribution is 2.16. The third kappa shape index (κ3) is 9.77. The lowest BCUT2D eigenvalue weighted by Gasteiger charge is -2.17. The normalized spacial score (nSPS) is 13.2. The van der Waals surface area contributed by atoms with Gasteiger partial charge in [-0.25, -0.2) is 0 Å². The molecule has 0 radical (unpaired) electrons. The van der Waals surface area contributed by atoms with Gasteiger partial charge in [0.15, 0.2) is 0 Å². The summed E-state index contributed by atoms with van der Waals surface area (Å²) in [6.45, 7) is 9.40. The zero-order chi connectivity index (χ0) is 11.7. The van der Waals surface area contributed by atoms with Gasteiger partial charge in [-0.3, -0.25) is 4.79 Å². The topological polar surface area (TPSA) is 26.3 Å². The minimum Gasteiger partial charge on any atom is -0.465 e. The third-order valence-electron chi connectivity index (χ3n) is 2.54. The SMILES string of the molecule is CC(C)CCCCC(CC(C)C)OC=O.